The van der Waals surface area contributed by atoms with E-state index in [0.717, 1.165) is 25.7 Å². The highest BCUT2D eigenvalue weighted by atomic mass is 16.4. The Hall–Kier alpha value is -1.39. The number of aliphatic carboxylic acids is 1. The Morgan fingerprint density at radius 3 is 2.57 bits per heavy atom. The molecule has 1 aromatic heterocycles. The second-order valence-electron chi connectivity index (χ2n) is 3.71. The minimum absolute atomic E-state index is 0.0382. The van der Waals surface area contributed by atoms with Crippen molar-refractivity contribution in [2.75, 3.05) is 0 Å². The lowest BCUT2D eigenvalue weighted by Crippen LogP contribution is -2.28. The summed E-state index contributed by atoms with van der Waals surface area (Å²) >= 11 is 0. The molecule has 1 aromatic rings. The fourth-order valence-corrected chi connectivity index (χ4v) is 2.14. The van der Waals surface area contributed by atoms with Crippen LogP contribution < -0.4 is 0 Å². The topological polar surface area (TPSA) is 68.0 Å². The third kappa shape index (κ3) is 1.62. The summed E-state index contributed by atoms with van der Waals surface area (Å²) in [6.07, 6.45) is 6.98. The van der Waals surface area contributed by atoms with Gasteiger partial charge in [-0.25, -0.2) is 0 Å². The zero-order valence-corrected chi connectivity index (χ0v) is 7.83. The molecule has 1 fully saturated rings. The maximum atomic E-state index is 11.0. The Morgan fingerprint density at radius 2 is 1.93 bits per heavy atom. The van der Waals surface area contributed by atoms with Gasteiger partial charge in [-0.05, 0) is 12.8 Å². The lowest BCUT2D eigenvalue weighted by molar-refractivity contribution is -0.144. The van der Waals surface area contributed by atoms with E-state index in [4.69, 9.17) is 5.11 Å². The summed E-state index contributed by atoms with van der Waals surface area (Å²) in [7, 11) is 0. The SMILES string of the molecule is O=C(O)C1CCCCC1n1cnnc1. The molecule has 0 radical (unpaired) electrons. The van der Waals surface area contributed by atoms with Gasteiger partial charge in [0.05, 0.1) is 5.92 Å². The number of carbonyl (C=O) groups is 1. The first kappa shape index (κ1) is 9.18. The number of hydrogen-bond donors (Lipinski definition) is 1. The molecule has 14 heavy (non-hydrogen) atoms. The summed E-state index contributed by atoms with van der Waals surface area (Å²) in [5.41, 5.74) is 0. The summed E-state index contributed by atoms with van der Waals surface area (Å²) in [5.74, 6) is -0.983. The van der Waals surface area contributed by atoms with E-state index >= 15 is 0 Å². The second kappa shape index (κ2) is 3.77. The molecule has 1 aliphatic rings. The van der Waals surface area contributed by atoms with Gasteiger partial charge in [-0.3, -0.25) is 4.79 Å². The lowest BCUT2D eigenvalue weighted by Gasteiger charge is -2.28. The van der Waals surface area contributed by atoms with Crippen molar-refractivity contribution in [2.45, 2.75) is 31.7 Å². The van der Waals surface area contributed by atoms with E-state index < -0.39 is 5.97 Å². The molecule has 0 saturated heterocycles. The normalized spacial score (nSPS) is 27.4. The van der Waals surface area contributed by atoms with Gasteiger partial charge in [0.15, 0.2) is 0 Å². The van der Waals surface area contributed by atoms with Crippen LogP contribution in [0.4, 0.5) is 0 Å². The molecule has 2 unspecified atom stereocenters. The monoisotopic (exact) mass is 195 g/mol. The quantitative estimate of drug-likeness (QED) is 0.767. The average Bonchev–Trinajstić information content (AvgIpc) is 2.70. The first-order valence-corrected chi connectivity index (χ1v) is 4.86. The summed E-state index contributed by atoms with van der Waals surface area (Å²) in [6.45, 7) is 0. The fourth-order valence-electron chi connectivity index (χ4n) is 2.14. The van der Waals surface area contributed by atoms with Crippen LogP contribution >= 0.6 is 0 Å². The van der Waals surface area contributed by atoms with Gasteiger partial charge in [-0.2, -0.15) is 0 Å². The highest BCUT2D eigenvalue weighted by Crippen LogP contribution is 2.33. The molecule has 0 spiro atoms. The Labute approximate surface area is 81.8 Å². The lowest BCUT2D eigenvalue weighted by atomic mass is 9.84. The van der Waals surface area contributed by atoms with E-state index in [2.05, 4.69) is 10.2 Å². The van der Waals surface area contributed by atoms with Crippen molar-refractivity contribution in [2.24, 2.45) is 5.92 Å². The Balaban J connectivity index is 2.18. The van der Waals surface area contributed by atoms with Crippen LogP contribution in [0.1, 0.15) is 31.7 Å². The van der Waals surface area contributed by atoms with Crippen LogP contribution in [-0.2, 0) is 4.79 Å². The number of carboxylic acid groups (broad SMARTS) is 1. The molecule has 1 aliphatic carbocycles. The summed E-state index contributed by atoms with van der Waals surface area (Å²) in [4.78, 5) is 11.0. The van der Waals surface area contributed by atoms with Crippen molar-refractivity contribution in [3.63, 3.8) is 0 Å². The fraction of sp³-hybridized carbons (Fsp3) is 0.667. The van der Waals surface area contributed by atoms with Crippen molar-refractivity contribution in [1.82, 2.24) is 14.8 Å². The van der Waals surface area contributed by atoms with Crippen molar-refractivity contribution in [1.29, 1.82) is 0 Å². The molecule has 1 N–H and O–H groups in total. The van der Waals surface area contributed by atoms with Crippen LogP contribution in [0.3, 0.4) is 0 Å². The molecule has 0 amide bonds. The zero-order valence-electron chi connectivity index (χ0n) is 7.83. The molecule has 76 valence electrons. The van der Waals surface area contributed by atoms with Crippen LogP contribution in [0, 0.1) is 5.92 Å². The molecule has 0 bridgehead atoms. The Morgan fingerprint density at radius 1 is 1.29 bits per heavy atom. The number of aromatic nitrogens is 3. The third-order valence-corrected chi connectivity index (χ3v) is 2.87. The average molecular weight is 195 g/mol. The van der Waals surface area contributed by atoms with E-state index in [-0.39, 0.29) is 12.0 Å². The Bertz CT molecular complexity index is 310. The molecule has 1 saturated carbocycles. The van der Waals surface area contributed by atoms with E-state index in [1.54, 1.807) is 12.7 Å². The van der Waals surface area contributed by atoms with E-state index in [1.165, 1.54) is 0 Å². The first-order valence-electron chi connectivity index (χ1n) is 4.86. The number of rotatable bonds is 2. The Kier molecular flexibility index (Phi) is 2.47. The van der Waals surface area contributed by atoms with Gasteiger partial charge >= 0.3 is 5.97 Å². The molecule has 0 aromatic carbocycles. The summed E-state index contributed by atoms with van der Waals surface area (Å²) < 4.78 is 1.82. The van der Waals surface area contributed by atoms with Crippen LogP contribution in [0.2, 0.25) is 0 Å². The van der Waals surface area contributed by atoms with Gasteiger partial charge < -0.3 is 9.67 Å². The van der Waals surface area contributed by atoms with E-state index in [0.29, 0.717) is 0 Å². The maximum Gasteiger partial charge on any atom is 0.308 e. The van der Waals surface area contributed by atoms with Gasteiger partial charge in [0.1, 0.15) is 12.7 Å². The van der Waals surface area contributed by atoms with Crippen LogP contribution in [0.15, 0.2) is 12.7 Å². The van der Waals surface area contributed by atoms with E-state index in [9.17, 15) is 4.79 Å². The minimum atomic E-state index is -0.705. The molecule has 5 nitrogen and oxygen atoms in total. The van der Waals surface area contributed by atoms with Gasteiger partial charge in [0, 0.05) is 6.04 Å². The molecule has 2 atom stereocenters. The van der Waals surface area contributed by atoms with Gasteiger partial charge in [-0.15, -0.1) is 10.2 Å². The van der Waals surface area contributed by atoms with Crippen molar-refractivity contribution < 1.29 is 9.90 Å². The molecule has 5 heteroatoms. The van der Waals surface area contributed by atoms with Gasteiger partial charge in [0.2, 0.25) is 0 Å². The van der Waals surface area contributed by atoms with Crippen LogP contribution in [0.5, 0.6) is 0 Å². The highest BCUT2D eigenvalue weighted by Gasteiger charge is 2.31. The van der Waals surface area contributed by atoms with Crippen LogP contribution in [0.25, 0.3) is 0 Å². The van der Waals surface area contributed by atoms with E-state index in [1.807, 2.05) is 4.57 Å². The van der Waals surface area contributed by atoms with Gasteiger partial charge in [-0.1, -0.05) is 12.8 Å². The standard InChI is InChI=1S/C9H13N3O2/c13-9(14)7-3-1-2-4-8(7)12-5-10-11-6-12/h5-8H,1-4H2,(H,13,14). The predicted molar refractivity (Wildman–Crippen MR) is 48.7 cm³/mol. The third-order valence-electron chi connectivity index (χ3n) is 2.87. The number of carboxylic acids is 1. The number of hydrogen-bond acceptors (Lipinski definition) is 3. The summed E-state index contributed by atoms with van der Waals surface area (Å²) in [5, 5.41) is 16.5. The smallest absolute Gasteiger partial charge is 0.308 e. The highest BCUT2D eigenvalue weighted by molar-refractivity contribution is 5.70. The minimum Gasteiger partial charge on any atom is -0.481 e. The molecular formula is C9H13N3O2. The first-order chi connectivity index (χ1) is 6.79. The molecular weight excluding hydrogens is 182 g/mol. The molecule has 2 rings (SSSR count). The summed E-state index contributed by atoms with van der Waals surface area (Å²) in [6, 6.07) is 0.0382. The maximum absolute atomic E-state index is 11.0. The van der Waals surface area contributed by atoms with Crippen molar-refractivity contribution in [3.8, 4) is 0 Å². The van der Waals surface area contributed by atoms with Crippen molar-refractivity contribution >= 4 is 5.97 Å². The molecule has 1 heterocycles. The zero-order chi connectivity index (χ0) is 9.97. The molecule has 0 aliphatic heterocycles. The predicted octanol–water partition coefficient (Wildman–Crippen LogP) is 1.09. The van der Waals surface area contributed by atoms with Crippen molar-refractivity contribution in [3.05, 3.63) is 12.7 Å². The number of nitrogens with zero attached hydrogens (tertiary/aromatic N) is 3. The largest absolute Gasteiger partial charge is 0.481 e. The van der Waals surface area contributed by atoms with Crippen LogP contribution in [-0.4, -0.2) is 25.8 Å². The second-order valence-corrected chi connectivity index (χ2v) is 3.71. The van der Waals surface area contributed by atoms with Gasteiger partial charge in [0.25, 0.3) is 0 Å².